The minimum atomic E-state index is -0.534. The number of fused-ring (bicyclic) bond motifs is 1. The van der Waals surface area contributed by atoms with Crippen molar-refractivity contribution in [2.24, 2.45) is 0 Å². The molecule has 0 aliphatic heterocycles. The van der Waals surface area contributed by atoms with E-state index >= 15 is 0 Å². The van der Waals surface area contributed by atoms with Gasteiger partial charge in [-0.05, 0) is 11.6 Å². The van der Waals surface area contributed by atoms with Gasteiger partial charge in [-0.15, -0.1) is 0 Å². The standard InChI is InChI=1S/C26H20FN5O/c27-21-13-22(25-23(14-21)28-11-12-29-25)26(33)30-15-20-17-32(16-18-7-3-1-4-8-18)31-24(20)19-9-5-2-6-10-19/h1-14,17H,15-16H2,(H,30,33). The first-order valence-corrected chi connectivity index (χ1v) is 10.5. The van der Waals surface area contributed by atoms with E-state index in [1.807, 2.05) is 71.5 Å². The summed E-state index contributed by atoms with van der Waals surface area (Å²) in [6.07, 6.45) is 4.88. The number of hydrogen-bond acceptors (Lipinski definition) is 4. The van der Waals surface area contributed by atoms with Crippen molar-refractivity contribution in [3.8, 4) is 11.3 Å². The summed E-state index contributed by atoms with van der Waals surface area (Å²) in [4.78, 5) is 21.3. The Labute approximate surface area is 189 Å². The van der Waals surface area contributed by atoms with Crippen molar-refractivity contribution >= 4 is 16.9 Å². The van der Waals surface area contributed by atoms with E-state index < -0.39 is 11.7 Å². The van der Waals surface area contributed by atoms with Crippen LogP contribution in [0.4, 0.5) is 4.39 Å². The molecule has 2 aromatic heterocycles. The summed E-state index contributed by atoms with van der Waals surface area (Å²) in [5.74, 6) is -0.955. The number of halogens is 1. The van der Waals surface area contributed by atoms with Crippen molar-refractivity contribution in [2.75, 3.05) is 0 Å². The van der Waals surface area contributed by atoms with Gasteiger partial charge < -0.3 is 5.32 Å². The number of carbonyl (C=O) groups excluding carboxylic acids is 1. The molecule has 5 aromatic rings. The molecular weight excluding hydrogens is 417 g/mol. The third-order valence-corrected chi connectivity index (χ3v) is 5.29. The molecule has 162 valence electrons. The van der Waals surface area contributed by atoms with Crippen molar-refractivity contribution in [1.29, 1.82) is 0 Å². The van der Waals surface area contributed by atoms with Crippen molar-refractivity contribution < 1.29 is 9.18 Å². The maximum atomic E-state index is 14.1. The summed E-state index contributed by atoms with van der Waals surface area (Å²) in [7, 11) is 0. The van der Waals surface area contributed by atoms with Crippen LogP contribution < -0.4 is 5.32 Å². The zero-order chi connectivity index (χ0) is 22.6. The van der Waals surface area contributed by atoms with Gasteiger partial charge in [0.15, 0.2) is 0 Å². The molecule has 0 spiro atoms. The summed E-state index contributed by atoms with van der Waals surface area (Å²) >= 11 is 0. The molecule has 1 N–H and O–H groups in total. The Kier molecular flexibility index (Phi) is 5.59. The molecular formula is C26H20FN5O. The Balaban J connectivity index is 1.43. The molecule has 0 saturated heterocycles. The van der Waals surface area contributed by atoms with Gasteiger partial charge in [0.2, 0.25) is 0 Å². The predicted molar refractivity (Wildman–Crippen MR) is 124 cm³/mol. The lowest BCUT2D eigenvalue weighted by Gasteiger charge is -2.08. The number of nitrogens with zero attached hydrogens (tertiary/aromatic N) is 4. The van der Waals surface area contributed by atoms with E-state index in [0.717, 1.165) is 22.4 Å². The highest BCUT2D eigenvalue weighted by Crippen LogP contribution is 2.23. The largest absolute Gasteiger partial charge is 0.348 e. The number of benzene rings is 3. The lowest BCUT2D eigenvalue weighted by molar-refractivity contribution is 0.0952. The van der Waals surface area contributed by atoms with Crippen molar-refractivity contribution in [3.63, 3.8) is 0 Å². The number of carbonyl (C=O) groups is 1. The van der Waals surface area contributed by atoms with Crippen LogP contribution >= 0.6 is 0 Å². The molecule has 0 aliphatic rings. The fourth-order valence-electron chi connectivity index (χ4n) is 3.77. The summed E-state index contributed by atoms with van der Waals surface area (Å²) in [5, 5.41) is 7.67. The Morgan fingerprint density at radius 3 is 2.45 bits per heavy atom. The van der Waals surface area contributed by atoms with E-state index in [2.05, 4.69) is 15.3 Å². The second-order valence-electron chi connectivity index (χ2n) is 7.61. The average Bonchev–Trinajstić information content (AvgIpc) is 3.25. The highest BCUT2D eigenvalue weighted by atomic mass is 19.1. The lowest BCUT2D eigenvalue weighted by atomic mass is 10.1. The van der Waals surface area contributed by atoms with Gasteiger partial charge in [0.25, 0.3) is 5.91 Å². The van der Waals surface area contributed by atoms with Crippen LogP contribution in [0.2, 0.25) is 0 Å². The van der Waals surface area contributed by atoms with Crippen LogP contribution in [-0.2, 0) is 13.1 Å². The Bertz CT molecular complexity index is 1420. The van der Waals surface area contributed by atoms with Crippen LogP contribution in [0.5, 0.6) is 0 Å². The molecule has 0 aliphatic carbocycles. The second kappa shape index (κ2) is 9.00. The van der Waals surface area contributed by atoms with Crippen LogP contribution in [0, 0.1) is 5.82 Å². The monoisotopic (exact) mass is 437 g/mol. The molecule has 7 heteroatoms. The topological polar surface area (TPSA) is 72.7 Å². The van der Waals surface area contributed by atoms with Gasteiger partial charge >= 0.3 is 0 Å². The fourth-order valence-corrected chi connectivity index (χ4v) is 3.77. The molecule has 0 fully saturated rings. The maximum Gasteiger partial charge on any atom is 0.253 e. The molecule has 6 nitrogen and oxygen atoms in total. The van der Waals surface area contributed by atoms with Gasteiger partial charge in [-0.25, -0.2) is 4.39 Å². The van der Waals surface area contributed by atoms with E-state index in [0.29, 0.717) is 17.6 Å². The fraction of sp³-hybridized carbons (Fsp3) is 0.0769. The molecule has 0 saturated carbocycles. The Hall–Kier alpha value is -4.39. The minimum Gasteiger partial charge on any atom is -0.348 e. The van der Waals surface area contributed by atoms with E-state index in [1.165, 1.54) is 24.5 Å². The molecule has 1 amide bonds. The SMILES string of the molecule is O=C(NCc1cn(Cc2ccccc2)nc1-c1ccccc1)c1cc(F)cc2nccnc12. The van der Waals surface area contributed by atoms with Crippen LogP contribution in [0.1, 0.15) is 21.5 Å². The predicted octanol–water partition coefficient (Wildman–Crippen LogP) is 4.61. The highest BCUT2D eigenvalue weighted by Gasteiger charge is 2.16. The molecule has 33 heavy (non-hydrogen) atoms. The summed E-state index contributed by atoms with van der Waals surface area (Å²) in [6.45, 7) is 0.842. The zero-order valence-electron chi connectivity index (χ0n) is 17.6. The first-order valence-electron chi connectivity index (χ1n) is 10.5. The molecule has 2 heterocycles. The third-order valence-electron chi connectivity index (χ3n) is 5.29. The van der Waals surface area contributed by atoms with E-state index in [-0.39, 0.29) is 12.1 Å². The average molecular weight is 437 g/mol. The normalized spacial score (nSPS) is 10.9. The van der Waals surface area contributed by atoms with Crippen molar-refractivity contribution in [3.05, 3.63) is 114 Å². The maximum absolute atomic E-state index is 14.1. The van der Waals surface area contributed by atoms with Crippen LogP contribution in [0.25, 0.3) is 22.3 Å². The summed E-state index contributed by atoms with van der Waals surface area (Å²) in [5.41, 5.74) is 4.57. The van der Waals surface area contributed by atoms with Crippen LogP contribution in [0.15, 0.2) is 91.4 Å². The number of hydrogen-bond donors (Lipinski definition) is 1. The van der Waals surface area contributed by atoms with E-state index in [4.69, 9.17) is 5.10 Å². The Morgan fingerprint density at radius 2 is 1.67 bits per heavy atom. The molecule has 0 atom stereocenters. The van der Waals surface area contributed by atoms with Crippen LogP contribution in [0.3, 0.4) is 0 Å². The quantitative estimate of drug-likeness (QED) is 0.421. The smallest absolute Gasteiger partial charge is 0.253 e. The highest BCUT2D eigenvalue weighted by molar-refractivity contribution is 6.04. The van der Waals surface area contributed by atoms with Gasteiger partial charge in [-0.3, -0.25) is 19.4 Å². The first kappa shape index (κ1) is 20.5. The second-order valence-corrected chi connectivity index (χ2v) is 7.61. The van der Waals surface area contributed by atoms with Gasteiger partial charge in [0, 0.05) is 42.3 Å². The number of rotatable bonds is 6. The third kappa shape index (κ3) is 4.48. The zero-order valence-corrected chi connectivity index (χ0v) is 17.6. The van der Waals surface area contributed by atoms with E-state index in [9.17, 15) is 9.18 Å². The molecule has 3 aromatic carbocycles. The number of amides is 1. The van der Waals surface area contributed by atoms with Gasteiger partial charge in [0.05, 0.1) is 23.3 Å². The van der Waals surface area contributed by atoms with Crippen LogP contribution in [-0.4, -0.2) is 25.7 Å². The van der Waals surface area contributed by atoms with E-state index in [1.54, 1.807) is 0 Å². The number of nitrogens with one attached hydrogen (secondary N) is 1. The summed E-state index contributed by atoms with van der Waals surface area (Å²) in [6, 6.07) is 22.3. The lowest BCUT2D eigenvalue weighted by Crippen LogP contribution is -2.23. The van der Waals surface area contributed by atoms with Crippen molar-refractivity contribution in [1.82, 2.24) is 25.1 Å². The molecule has 0 unspecified atom stereocenters. The van der Waals surface area contributed by atoms with Crippen molar-refractivity contribution in [2.45, 2.75) is 13.1 Å². The van der Waals surface area contributed by atoms with Gasteiger partial charge in [-0.2, -0.15) is 5.10 Å². The minimum absolute atomic E-state index is 0.149. The first-order chi connectivity index (χ1) is 16.2. The summed E-state index contributed by atoms with van der Waals surface area (Å²) < 4.78 is 15.9. The molecule has 0 bridgehead atoms. The van der Waals surface area contributed by atoms with Gasteiger partial charge in [-0.1, -0.05) is 60.7 Å². The van der Waals surface area contributed by atoms with Gasteiger partial charge in [0.1, 0.15) is 11.3 Å². The molecule has 0 radical (unpaired) electrons. The Morgan fingerprint density at radius 1 is 0.939 bits per heavy atom. The molecule has 5 rings (SSSR count). The number of aromatic nitrogens is 4.